The van der Waals surface area contributed by atoms with E-state index in [-0.39, 0.29) is 12.2 Å². The van der Waals surface area contributed by atoms with Crippen LogP contribution in [0.25, 0.3) is 0 Å². The van der Waals surface area contributed by atoms with Crippen LogP contribution in [0.2, 0.25) is 0 Å². The Morgan fingerprint density at radius 1 is 1.54 bits per heavy atom. The van der Waals surface area contributed by atoms with E-state index in [0.29, 0.717) is 5.56 Å². The van der Waals surface area contributed by atoms with Crippen molar-refractivity contribution in [1.82, 2.24) is 0 Å². The molecule has 0 saturated carbocycles. The quantitative estimate of drug-likeness (QED) is 0.698. The standard InChI is InChI=1S/C11H13FO/c1-8-4-3-5-10(6-8)11(12)7-9(2)13/h3-6,11H,7H2,1-2H3. The summed E-state index contributed by atoms with van der Waals surface area (Å²) < 4.78 is 13.3. The highest BCUT2D eigenvalue weighted by Crippen LogP contribution is 2.21. The molecule has 1 aromatic carbocycles. The third-order valence-electron chi connectivity index (χ3n) is 1.87. The fraction of sp³-hybridized carbons (Fsp3) is 0.364. The highest BCUT2D eigenvalue weighted by atomic mass is 19.1. The lowest BCUT2D eigenvalue weighted by atomic mass is 10.0. The first-order valence-electron chi connectivity index (χ1n) is 4.29. The average Bonchev–Trinajstić information content (AvgIpc) is 2.03. The molecule has 0 bridgehead atoms. The highest BCUT2D eigenvalue weighted by Gasteiger charge is 2.11. The molecule has 1 nitrogen and oxygen atoms in total. The van der Waals surface area contributed by atoms with E-state index < -0.39 is 6.17 Å². The number of carbonyl (C=O) groups is 1. The van der Waals surface area contributed by atoms with Crippen LogP contribution in [0, 0.1) is 6.92 Å². The van der Waals surface area contributed by atoms with Crippen molar-refractivity contribution < 1.29 is 9.18 Å². The molecule has 0 aromatic heterocycles. The molecular weight excluding hydrogens is 167 g/mol. The van der Waals surface area contributed by atoms with E-state index in [1.807, 2.05) is 13.0 Å². The summed E-state index contributed by atoms with van der Waals surface area (Å²) in [6.45, 7) is 3.31. The van der Waals surface area contributed by atoms with E-state index in [4.69, 9.17) is 0 Å². The Bertz CT molecular complexity index is 307. The monoisotopic (exact) mass is 180 g/mol. The summed E-state index contributed by atoms with van der Waals surface area (Å²) in [4.78, 5) is 10.7. The van der Waals surface area contributed by atoms with E-state index in [9.17, 15) is 9.18 Å². The van der Waals surface area contributed by atoms with E-state index in [0.717, 1.165) is 5.56 Å². The third-order valence-corrected chi connectivity index (χ3v) is 1.87. The van der Waals surface area contributed by atoms with Gasteiger partial charge in [0.05, 0.1) is 0 Å². The van der Waals surface area contributed by atoms with Gasteiger partial charge >= 0.3 is 0 Å². The molecule has 1 unspecified atom stereocenters. The van der Waals surface area contributed by atoms with Crippen LogP contribution >= 0.6 is 0 Å². The first-order valence-corrected chi connectivity index (χ1v) is 4.29. The molecule has 1 aromatic rings. The predicted octanol–water partition coefficient (Wildman–Crippen LogP) is 2.98. The van der Waals surface area contributed by atoms with Gasteiger partial charge in [-0.25, -0.2) is 4.39 Å². The molecule has 0 saturated heterocycles. The molecule has 0 fully saturated rings. The van der Waals surface area contributed by atoms with Crippen molar-refractivity contribution in [1.29, 1.82) is 0 Å². The minimum Gasteiger partial charge on any atom is -0.300 e. The van der Waals surface area contributed by atoms with Crippen LogP contribution in [-0.4, -0.2) is 5.78 Å². The number of carbonyl (C=O) groups excluding carboxylic acids is 1. The maximum absolute atomic E-state index is 13.3. The summed E-state index contributed by atoms with van der Waals surface area (Å²) in [6.07, 6.45) is -1.18. The second kappa shape index (κ2) is 4.17. The normalized spacial score (nSPS) is 12.5. The number of alkyl halides is 1. The molecule has 0 aliphatic carbocycles. The zero-order chi connectivity index (χ0) is 9.84. The molecule has 70 valence electrons. The van der Waals surface area contributed by atoms with Crippen molar-refractivity contribution in [3.8, 4) is 0 Å². The van der Waals surface area contributed by atoms with Crippen molar-refractivity contribution in [3.05, 3.63) is 35.4 Å². The SMILES string of the molecule is CC(=O)CC(F)c1cccc(C)c1. The Balaban J connectivity index is 2.76. The first kappa shape index (κ1) is 9.90. The number of benzene rings is 1. The van der Waals surface area contributed by atoms with Gasteiger partial charge in [0.1, 0.15) is 12.0 Å². The molecule has 0 aliphatic rings. The lowest BCUT2D eigenvalue weighted by molar-refractivity contribution is -0.118. The van der Waals surface area contributed by atoms with Gasteiger partial charge in [0.25, 0.3) is 0 Å². The predicted molar refractivity (Wildman–Crippen MR) is 50.3 cm³/mol. The topological polar surface area (TPSA) is 17.1 Å². The lowest BCUT2D eigenvalue weighted by Gasteiger charge is -2.06. The smallest absolute Gasteiger partial charge is 0.133 e. The van der Waals surface area contributed by atoms with Gasteiger partial charge in [0, 0.05) is 6.42 Å². The van der Waals surface area contributed by atoms with Gasteiger partial charge in [0.15, 0.2) is 0 Å². The van der Waals surface area contributed by atoms with Crippen LogP contribution < -0.4 is 0 Å². The summed E-state index contributed by atoms with van der Waals surface area (Å²) in [6, 6.07) is 7.19. The number of rotatable bonds is 3. The molecule has 0 amide bonds. The summed E-state index contributed by atoms with van der Waals surface area (Å²) in [7, 11) is 0. The average molecular weight is 180 g/mol. The maximum atomic E-state index is 13.3. The number of halogens is 1. The van der Waals surface area contributed by atoms with Crippen LogP contribution in [0.4, 0.5) is 4.39 Å². The number of ketones is 1. The van der Waals surface area contributed by atoms with E-state index in [1.165, 1.54) is 6.92 Å². The molecule has 2 heteroatoms. The third kappa shape index (κ3) is 2.98. The van der Waals surface area contributed by atoms with Crippen molar-refractivity contribution >= 4 is 5.78 Å². The Morgan fingerprint density at radius 3 is 2.77 bits per heavy atom. The van der Waals surface area contributed by atoms with Crippen LogP contribution in [0.3, 0.4) is 0 Å². The van der Waals surface area contributed by atoms with Gasteiger partial charge in [-0.1, -0.05) is 29.8 Å². The highest BCUT2D eigenvalue weighted by molar-refractivity contribution is 5.76. The number of hydrogen-bond acceptors (Lipinski definition) is 1. The second-order valence-electron chi connectivity index (χ2n) is 3.29. The molecular formula is C11H13FO. The Labute approximate surface area is 77.6 Å². The minimum absolute atomic E-state index is 0.0244. The summed E-state index contributed by atoms with van der Waals surface area (Å²) in [5, 5.41) is 0. The van der Waals surface area contributed by atoms with Crippen LogP contribution in [0.5, 0.6) is 0 Å². The zero-order valence-corrected chi connectivity index (χ0v) is 7.88. The summed E-state index contributed by atoms with van der Waals surface area (Å²) in [5.74, 6) is -0.117. The summed E-state index contributed by atoms with van der Waals surface area (Å²) >= 11 is 0. The molecule has 0 N–H and O–H groups in total. The molecule has 13 heavy (non-hydrogen) atoms. The molecule has 0 heterocycles. The van der Waals surface area contributed by atoms with Crippen molar-refractivity contribution in [2.75, 3.05) is 0 Å². The largest absolute Gasteiger partial charge is 0.300 e. The van der Waals surface area contributed by atoms with Crippen molar-refractivity contribution in [3.63, 3.8) is 0 Å². The number of aryl methyl sites for hydroxylation is 1. The van der Waals surface area contributed by atoms with Gasteiger partial charge in [0.2, 0.25) is 0 Å². The van der Waals surface area contributed by atoms with Gasteiger partial charge in [-0.2, -0.15) is 0 Å². The molecule has 0 radical (unpaired) electrons. The van der Waals surface area contributed by atoms with E-state index in [1.54, 1.807) is 18.2 Å². The van der Waals surface area contributed by atoms with Gasteiger partial charge in [-0.05, 0) is 19.4 Å². The Kier molecular flexibility index (Phi) is 3.18. The van der Waals surface area contributed by atoms with E-state index in [2.05, 4.69) is 0 Å². The zero-order valence-electron chi connectivity index (χ0n) is 7.88. The number of hydrogen-bond donors (Lipinski definition) is 0. The fourth-order valence-corrected chi connectivity index (χ4v) is 1.24. The molecule has 1 rings (SSSR count). The van der Waals surface area contributed by atoms with Gasteiger partial charge in [-0.3, -0.25) is 4.79 Å². The molecule has 0 aliphatic heterocycles. The fourth-order valence-electron chi connectivity index (χ4n) is 1.24. The first-order chi connectivity index (χ1) is 6.09. The van der Waals surface area contributed by atoms with Crippen LogP contribution in [0.1, 0.15) is 30.6 Å². The Morgan fingerprint density at radius 2 is 2.23 bits per heavy atom. The summed E-state index contributed by atoms with van der Waals surface area (Å²) in [5.41, 5.74) is 1.61. The van der Waals surface area contributed by atoms with Crippen molar-refractivity contribution in [2.24, 2.45) is 0 Å². The maximum Gasteiger partial charge on any atom is 0.133 e. The van der Waals surface area contributed by atoms with Crippen LogP contribution in [0.15, 0.2) is 24.3 Å². The van der Waals surface area contributed by atoms with Crippen molar-refractivity contribution in [2.45, 2.75) is 26.4 Å². The van der Waals surface area contributed by atoms with E-state index >= 15 is 0 Å². The lowest BCUT2D eigenvalue weighted by Crippen LogP contribution is -1.98. The number of Topliss-reactive ketones (excluding diaryl/α,β-unsaturated/α-hetero) is 1. The van der Waals surface area contributed by atoms with Gasteiger partial charge < -0.3 is 0 Å². The minimum atomic E-state index is -1.16. The molecule has 1 atom stereocenters. The van der Waals surface area contributed by atoms with Gasteiger partial charge in [-0.15, -0.1) is 0 Å². The second-order valence-corrected chi connectivity index (χ2v) is 3.29. The Hall–Kier alpha value is -1.18. The molecule has 0 spiro atoms. The van der Waals surface area contributed by atoms with Crippen LogP contribution in [-0.2, 0) is 4.79 Å².